The van der Waals surface area contributed by atoms with Crippen LogP contribution in [-0.2, 0) is 11.3 Å². The summed E-state index contributed by atoms with van der Waals surface area (Å²) in [7, 11) is 3.01. The van der Waals surface area contributed by atoms with Crippen LogP contribution in [0.4, 0.5) is 4.79 Å². The SMILES string of the molecule is COc1ccc(COC(=O)NC2=C(Cl)C(=O)c3ccccc3C2=O)cc1OC. The van der Waals surface area contributed by atoms with Crippen molar-refractivity contribution in [2.75, 3.05) is 14.2 Å². The van der Waals surface area contributed by atoms with E-state index in [0.717, 1.165) is 0 Å². The number of hydrogen-bond acceptors (Lipinski definition) is 6. The lowest BCUT2D eigenvalue weighted by Gasteiger charge is -2.18. The van der Waals surface area contributed by atoms with Crippen LogP contribution in [0.25, 0.3) is 0 Å². The minimum atomic E-state index is -0.913. The van der Waals surface area contributed by atoms with E-state index < -0.39 is 17.7 Å². The molecule has 2 aromatic carbocycles. The number of nitrogens with one attached hydrogen (secondary N) is 1. The van der Waals surface area contributed by atoms with Gasteiger partial charge in [0.1, 0.15) is 17.3 Å². The highest BCUT2D eigenvalue weighted by Gasteiger charge is 2.32. The molecule has 144 valence electrons. The number of ketones is 2. The highest BCUT2D eigenvalue weighted by Crippen LogP contribution is 2.29. The summed E-state index contributed by atoms with van der Waals surface area (Å²) in [5.41, 5.74) is 0.709. The molecule has 1 aliphatic rings. The second-order valence-corrected chi connectivity index (χ2v) is 6.16. The molecule has 0 saturated carbocycles. The van der Waals surface area contributed by atoms with Crippen molar-refractivity contribution in [3.8, 4) is 11.5 Å². The average molecular weight is 402 g/mol. The molecule has 1 aliphatic carbocycles. The molecule has 1 N–H and O–H groups in total. The topological polar surface area (TPSA) is 90.9 Å². The Kier molecular flexibility index (Phi) is 5.65. The molecule has 0 aliphatic heterocycles. The minimum absolute atomic E-state index is 0.0875. The van der Waals surface area contributed by atoms with E-state index in [4.69, 9.17) is 25.8 Å². The zero-order valence-corrected chi connectivity index (χ0v) is 15.8. The summed E-state index contributed by atoms with van der Waals surface area (Å²) >= 11 is 6.00. The predicted molar refractivity (Wildman–Crippen MR) is 101 cm³/mol. The Bertz CT molecular complexity index is 998. The molecule has 0 radical (unpaired) electrons. The second kappa shape index (κ2) is 8.14. The Morgan fingerprint density at radius 3 is 2.25 bits per heavy atom. The summed E-state index contributed by atoms with van der Waals surface area (Å²) in [5.74, 6) is -0.0626. The number of carbonyl (C=O) groups is 3. The maximum absolute atomic E-state index is 12.5. The van der Waals surface area contributed by atoms with Crippen molar-refractivity contribution < 1.29 is 28.6 Å². The first-order chi connectivity index (χ1) is 13.5. The van der Waals surface area contributed by atoms with Gasteiger partial charge in [0.05, 0.1) is 14.2 Å². The Hall–Kier alpha value is -3.32. The van der Waals surface area contributed by atoms with Crippen LogP contribution in [0, 0.1) is 0 Å². The summed E-state index contributed by atoms with van der Waals surface area (Å²) in [5, 5.41) is 1.92. The predicted octanol–water partition coefficient (Wildman–Crippen LogP) is 3.46. The maximum Gasteiger partial charge on any atom is 0.412 e. The summed E-state index contributed by atoms with van der Waals surface area (Å²) in [6, 6.07) is 11.3. The summed E-state index contributed by atoms with van der Waals surface area (Å²) in [6.07, 6.45) is -0.913. The summed E-state index contributed by atoms with van der Waals surface area (Å²) in [4.78, 5) is 37.0. The second-order valence-electron chi connectivity index (χ2n) is 5.78. The van der Waals surface area contributed by atoms with E-state index in [1.807, 2.05) is 0 Å². The van der Waals surface area contributed by atoms with E-state index >= 15 is 0 Å². The number of ether oxygens (including phenoxy) is 3. The first-order valence-corrected chi connectivity index (χ1v) is 8.57. The number of carbonyl (C=O) groups excluding carboxylic acids is 3. The van der Waals surface area contributed by atoms with Crippen molar-refractivity contribution in [2.45, 2.75) is 6.61 Å². The number of methoxy groups -OCH3 is 2. The number of amides is 1. The lowest BCUT2D eigenvalue weighted by Crippen LogP contribution is -2.33. The molecule has 0 unspecified atom stereocenters. The Labute approximate surface area is 165 Å². The number of hydrogen-bond donors (Lipinski definition) is 1. The zero-order chi connectivity index (χ0) is 20.3. The summed E-state index contributed by atoms with van der Waals surface area (Å²) < 4.78 is 15.5. The normalized spacial score (nSPS) is 13.1. The van der Waals surface area contributed by atoms with E-state index in [1.165, 1.54) is 26.4 Å². The molecule has 28 heavy (non-hydrogen) atoms. The molecule has 0 fully saturated rings. The van der Waals surface area contributed by atoms with E-state index in [0.29, 0.717) is 17.1 Å². The van der Waals surface area contributed by atoms with Crippen LogP contribution < -0.4 is 14.8 Å². The van der Waals surface area contributed by atoms with Crippen molar-refractivity contribution in [3.05, 3.63) is 69.9 Å². The molecule has 0 aromatic heterocycles. The van der Waals surface area contributed by atoms with Gasteiger partial charge in [0.2, 0.25) is 11.6 Å². The van der Waals surface area contributed by atoms with E-state index in [-0.39, 0.29) is 28.5 Å². The molecule has 0 saturated heterocycles. The average Bonchev–Trinajstić information content (AvgIpc) is 2.73. The van der Waals surface area contributed by atoms with E-state index in [1.54, 1.807) is 30.3 Å². The minimum Gasteiger partial charge on any atom is -0.493 e. The number of benzene rings is 2. The largest absolute Gasteiger partial charge is 0.493 e. The molecule has 0 spiro atoms. The van der Waals surface area contributed by atoms with Gasteiger partial charge in [-0.3, -0.25) is 14.9 Å². The molecule has 7 nitrogen and oxygen atoms in total. The number of allylic oxidation sites excluding steroid dienone is 2. The Morgan fingerprint density at radius 2 is 1.61 bits per heavy atom. The van der Waals surface area contributed by atoms with Crippen molar-refractivity contribution in [3.63, 3.8) is 0 Å². The van der Waals surface area contributed by atoms with Crippen LogP contribution in [0.5, 0.6) is 11.5 Å². The number of Topliss-reactive ketones (excluding diaryl/α,β-unsaturated/α-hetero) is 2. The van der Waals surface area contributed by atoms with Gasteiger partial charge in [0.15, 0.2) is 11.5 Å². The smallest absolute Gasteiger partial charge is 0.412 e. The molecule has 0 atom stereocenters. The van der Waals surface area contributed by atoms with Crippen molar-refractivity contribution in [2.24, 2.45) is 0 Å². The monoisotopic (exact) mass is 401 g/mol. The highest BCUT2D eigenvalue weighted by molar-refractivity contribution is 6.50. The fourth-order valence-electron chi connectivity index (χ4n) is 2.71. The van der Waals surface area contributed by atoms with Crippen LogP contribution in [0.3, 0.4) is 0 Å². The molecular weight excluding hydrogens is 386 g/mol. The van der Waals surface area contributed by atoms with Crippen LogP contribution >= 0.6 is 11.6 Å². The van der Waals surface area contributed by atoms with Crippen LogP contribution in [0.15, 0.2) is 53.2 Å². The molecule has 3 rings (SSSR count). The Balaban J connectivity index is 1.71. The van der Waals surface area contributed by atoms with E-state index in [9.17, 15) is 14.4 Å². The molecule has 8 heteroatoms. The van der Waals surface area contributed by atoms with Gasteiger partial charge in [-0.15, -0.1) is 0 Å². The van der Waals surface area contributed by atoms with Gasteiger partial charge in [0, 0.05) is 11.1 Å². The first-order valence-electron chi connectivity index (χ1n) is 8.19. The van der Waals surface area contributed by atoms with Crippen LogP contribution in [-0.4, -0.2) is 31.9 Å². The summed E-state index contributed by atoms with van der Waals surface area (Å²) in [6.45, 7) is -0.0875. The van der Waals surface area contributed by atoms with Gasteiger partial charge in [-0.1, -0.05) is 41.9 Å². The van der Waals surface area contributed by atoms with Gasteiger partial charge in [0.25, 0.3) is 0 Å². The van der Waals surface area contributed by atoms with Gasteiger partial charge < -0.3 is 14.2 Å². The van der Waals surface area contributed by atoms with Gasteiger partial charge in [-0.25, -0.2) is 4.79 Å². The van der Waals surface area contributed by atoms with Crippen LogP contribution in [0.2, 0.25) is 0 Å². The van der Waals surface area contributed by atoms with Crippen molar-refractivity contribution in [1.29, 1.82) is 0 Å². The van der Waals surface area contributed by atoms with Crippen molar-refractivity contribution in [1.82, 2.24) is 5.32 Å². The molecule has 0 bridgehead atoms. The molecule has 0 heterocycles. The molecule has 2 aromatic rings. The lowest BCUT2D eigenvalue weighted by atomic mass is 9.92. The van der Waals surface area contributed by atoms with Gasteiger partial charge >= 0.3 is 6.09 Å². The maximum atomic E-state index is 12.5. The number of rotatable bonds is 5. The van der Waals surface area contributed by atoms with Gasteiger partial charge in [-0.05, 0) is 17.7 Å². The Morgan fingerprint density at radius 1 is 0.964 bits per heavy atom. The fraction of sp³-hybridized carbons (Fsp3) is 0.150. The molecule has 1 amide bonds. The number of fused-ring (bicyclic) bond motifs is 1. The fourth-order valence-corrected chi connectivity index (χ4v) is 2.95. The first kappa shape index (κ1) is 19.4. The third-order valence-electron chi connectivity index (χ3n) is 4.11. The van der Waals surface area contributed by atoms with Gasteiger partial charge in [-0.2, -0.15) is 0 Å². The zero-order valence-electron chi connectivity index (χ0n) is 15.1. The third-order valence-corrected chi connectivity index (χ3v) is 4.47. The molecular formula is C20H16ClNO6. The van der Waals surface area contributed by atoms with Crippen molar-refractivity contribution >= 4 is 29.3 Å². The van der Waals surface area contributed by atoms with E-state index in [2.05, 4.69) is 5.32 Å². The number of alkyl carbamates (subject to hydrolysis) is 1. The standard InChI is InChI=1S/C20H16ClNO6/c1-26-14-8-7-11(9-15(14)27-2)10-28-20(25)22-17-16(21)18(23)12-5-3-4-6-13(12)19(17)24/h3-9H,10H2,1-2H3,(H,22,25). The lowest BCUT2D eigenvalue weighted by molar-refractivity contribution is 0.0968. The third kappa shape index (κ3) is 3.70. The quantitative estimate of drug-likeness (QED) is 0.825. The number of halogens is 1. The van der Waals surface area contributed by atoms with Crippen LogP contribution in [0.1, 0.15) is 26.3 Å². The highest BCUT2D eigenvalue weighted by atomic mass is 35.5.